The molecule has 1 aromatic carbocycles. The molecule has 1 fully saturated rings. The fourth-order valence-electron chi connectivity index (χ4n) is 1.37. The van der Waals surface area contributed by atoms with Gasteiger partial charge in [-0.2, -0.15) is 0 Å². The summed E-state index contributed by atoms with van der Waals surface area (Å²) in [5.41, 5.74) is 0. The van der Waals surface area contributed by atoms with Gasteiger partial charge in [0.15, 0.2) is 0 Å². The summed E-state index contributed by atoms with van der Waals surface area (Å²) in [6.45, 7) is 0. The number of phenolic OH excluding ortho intramolecular Hbond substituents is 1. The van der Waals surface area contributed by atoms with E-state index in [1.165, 1.54) is 49.9 Å². The topological polar surface area (TPSA) is 20.2 Å². The molecule has 0 bridgehead atoms. The molecule has 0 spiro atoms. The number of halogens is 1. The van der Waals surface area contributed by atoms with Gasteiger partial charge >= 0.3 is 50.3 Å². The molecule has 0 saturated heterocycles. The number of benzene rings is 1. The van der Waals surface area contributed by atoms with Crippen LogP contribution in [0.25, 0.3) is 0 Å². The van der Waals surface area contributed by atoms with Crippen molar-refractivity contribution in [2.24, 2.45) is 0 Å². The van der Waals surface area contributed by atoms with Gasteiger partial charge in [0.1, 0.15) is 11.6 Å². The van der Waals surface area contributed by atoms with Crippen molar-refractivity contribution in [1.29, 1.82) is 0 Å². The van der Waals surface area contributed by atoms with E-state index >= 15 is 0 Å². The van der Waals surface area contributed by atoms with E-state index in [2.05, 4.69) is 20.4 Å². The van der Waals surface area contributed by atoms with Gasteiger partial charge in [-0.25, -0.2) is 4.39 Å². The van der Waals surface area contributed by atoms with Crippen molar-refractivity contribution in [3.8, 4) is 5.75 Å². The minimum absolute atomic E-state index is 0.0893. The fourth-order valence-corrected chi connectivity index (χ4v) is 2.00. The molecule has 0 aromatic heterocycles. The van der Waals surface area contributed by atoms with Crippen LogP contribution in [0, 0.1) is 5.82 Å². The monoisotopic (exact) mass is 229 g/mol. The summed E-state index contributed by atoms with van der Waals surface area (Å²) in [7, 11) is 0. The zero-order valence-corrected chi connectivity index (χ0v) is 9.60. The van der Waals surface area contributed by atoms with Crippen LogP contribution < -0.4 is 0 Å². The van der Waals surface area contributed by atoms with Crippen molar-refractivity contribution in [3.63, 3.8) is 0 Å². The molecule has 3 heteroatoms. The molecule has 14 heavy (non-hydrogen) atoms. The summed E-state index contributed by atoms with van der Waals surface area (Å²) in [6.07, 6.45) is 5.95. The Morgan fingerprint density at radius 2 is 1.64 bits per heavy atom. The second kappa shape index (κ2) is 6.20. The van der Waals surface area contributed by atoms with E-state index in [0.29, 0.717) is 0 Å². The van der Waals surface area contributed by atoms with E-state index in [4.69, 9.17) is 5.11 Å². The first-order valence-electron chi connectivity index (χ1n) is 4.84. The second-order valence-electron chi connectivity index (χ2n) is 3.46. The maximum atomic E-state index is 12.0. The Morgan fingerprint density at radius 1 is 1.14 bits per heavy atom. The number of rotatable bonds is 0. The van der Waals surface area contributed by atoms with Crippen molar-refractivity contribution in [2.75, 3.05) is 0 Å². The molecule has 0 radical (unpaired) electrons. The van der Waals surface area contributed by atoms with E-state index in [1.807, 2.05) is 0 Å². The Labute approximate surface area is 95.7 Å². The maximum absolute atomic E-state index is 12.0. The Bertz CT molecular complexity index is 233. The molecule has 0 unspecified atom stereocenters. The molecule has 0 atom stereocenters. The first-order valence-corrected chi connectivity index (χ1v) is 5.74. The van der Waals surface area contributed by atoms with Crippen molar-refractivity contribution in [1.82, 2.24) is 0 Å². The van der Waals surface area contributed by atoms with Gasteiger partial charge in [-0.3, -0.25) is 0 Å². The first-order chi connectivity index (χ1) is 6.68. The Kier molecular flexibility index (Phi) is 5.20. The van der Waals surface area contributed by atoms with Gasteiger partial charge in [0.2, 0.25) is 0 Å². The number of hydrogen-bond donors (Lipinski definition) is 1. The summed E-state index contributed by atoms with van der Waals surface area (Å²) in [6, 6.07) is 5.01. The Hall–Kier alpha value is -0.336. The van der Waals surface area contributed by atoms with Crippen LogP contribution in [0.3, 0.4) is 0 Å². The third kappa shape index (κ3) is 4.78. The van der Waals surface area contributed by atoms with E-state index in [-0.39, 0.29) is 11.6 Å². The van der Waals surface area contributed by atoms with Gasteiger partial charge in [0.05, 0.1) is 0 Å². The molecule has 1 aliphatic rings. The predicted octanol–water partition coefficient (Wildman–Crippen LogP) is 3.43. The summed E-state index contributed by atoms with van der Waals surface area (Å²) in [4.78, 5) is 0. The van der Waals surface area contributed by atoms with E-state index < -0.39 is 0 Å². The summed E-state index contributed by atoms with van der Waals surface area (Å²) in [5, 5.41) is 8.59. The summed E-state index contributed by atoms with van der Waals surface area (Å²) in [5.74, 6) is -0.241. The summed E-state index contributed by atoms with van der Waals surface area (Å²) >= 11 is 2.34. The van der Waals surface area contributed by atoms with E-state index in [9.17, 15) is 4.39 Å². The molecule has 0 amide bonds. The minimum atomic E-state index is -0.331. The Balaban J connectivity index is 0.000000146. The van der Waals surface area contributed by atoms with E-state index in [0.717, 1.165) is 4.22 Å². The molecule has 0 aliphatic heterocycles. The number of phenols is 1. The number of hydrogen-bond acceptors (Lipinski definition) is 1. The SMILES string of the molecule is Oc1ccc(F)cc1.[Ti][CH]1CCCC1. The van der Waals surface area contributed by atoms with Crippen molar-refractivity contribution in [3.05, 3.63) is 30.1 Å². The third-order valence-corrected chi connectivity index (χ3v) is 3.08. The predicted molar refractivity (Wildman–Crippen MR) is 50.3 cm³/mol. The van der Waals surface area contributed by atoms with Gasteiger partial charge in [0.25, 0.3) is 0 Å². The van der Waals surface area contributed by atoms with Crippen LogP contribution in [-0.4, -0.2) is 5.11 Å². The van der Waals surface area contributed by atoms with Crippen molar-refractivity contribution < 1.29 is 29.9 Å². The van der Waals surface area contributed by atoms with Crippen molar-refractivity contribution >= 4 is 0 Å². The normalized spacial score (nSPS) is 16.0. The van der Waals surface area contributed by atoms with E-state index in [1.54, 1.807) is 0 Å². The molecule has 1 N–H and O–H groups in total. The van der Waals surface area contributed by atoms with Crippen LogP contribution in [0.5, 0.6) is 5.75 Å². The average molecular weight is 229 g/mol. The van der Waals surface area contributed by atoms with Gasteiger partial charge in [-0.05, 0) is 24.3 Å². The van der Waals surface area contributed by atoms with Crippen molar-refractivity contribution in [2.45, 2.75) is 29.9 Å². The summed E-state index contributed by atoms with van der Waals surface area (Å²) < 4.78 is 13.0. The number of aromatic hydroxyl groups is 1. The molecule has 1 saturated carbocycles. The average Bonchev–Trinajstić information content (AvgIpc) is 2.63. The van der Waals surface area contributed by atoms with Crippen LogP contribution in [-0.2, 0) is 20.4 Å². The molecule has 0 heterocycles. The van der Waals surface area contributed by atoms with Gasteiger partial charge < -0.3 is 5.11 Å². The van der Waals surface area contributed by atoms with Crippen LogP contribution in [0.2, 0.25) is 4.22 Å². The quantitative estimate of drug-likeness (QED) is 0.675. The molecular weight excluding hydrogens is 215 g/mol. The standard InChI is InChI=1S/C6H5FO.C5H9.Ti/c7-5-1-3-6(8)4-2-5;1-2-4-5-3-1;/h1-4,8H;1H,2-5H2;. The Morgan fingerprint density at radius 3 is 1.93 bits per heavy atom. The zero-order valence-electron chi connectivity index (χ0n) is 8.04. The third-order valence-electron chi connectivity index (χ3n) is 2.18. The van der Waals surface area contributed by atoms with Gasteiger partial charge in [0, 0.05) is 0 Å². The van der Waals surface area contributed by atoms with Crippen LogP contribution in [0.1, 0.15) is 25.7 Å². The molecule has 1 nitrogen and oxygen atoms in total. The van der Waals surface area contributed by atoms with Gasteiger partial charge in [-0.15, -0.1) is 0 Å². The second-order valence-corrected chi connectivity index (χ2v) is 4.73. The zero-order chi connectivity index (χ0) is 10.4. The molecule has 75 valence electrons. The molecule has 1 aliphatic carbocycles. The van der Waals surface area contributed by atoms with Crippen LogP contribution in [0.15, 0.2) is 24.3 Å². The molecular formula is C11H14FOTi. The molecule has 2 rings (SSSR count). The van der Waals surface area contributed by atoms with Gasteiger partial charge in [-0.1, -0.05) is 0 Å². The van der Waals surface area contributed by atoms with Crippen LogP contribution in [0.4, 0.5) is 4.39 Å². The first kappa shape index (κ1) is 11.7. The molecule has 1 aromatic rings. The fraction of sp³-hybridized carbons (Fsp3) is 0.455. The van der Waals surface area contributed by atoms with Crippen LogP contribution >= 0.6 is 0 Å².